The summed E-state index contributed by atoms with van der Waals surface area (Å²) in [6, 6.07) is 0. The topological polar surface area (TPSA) is 168 Å². The molecule has 6 N–H and O–H groups in total. The standard InChI is InChI=1S/C12H15N3O7/c13-10-5(1-2-7(17)18)3-15(12(21)14-10)11-9(20)8(19)6(4-16)22-11/h1-3,6,8-9,11,16,19-20H,4H2,(H,17,18)(H2,13,14,21)/t6-,8?,9?,11-/m1/s1. The summed E-state index contributed by atoms with van der Waals surface area (Å²) in [7, 11) is 0. The van der Waals surface area contributed by atoms with Gasteiger partial charge in [0.15, 0.2) is 6.23 Å². The number of carbonyl (C=O) groups is 1. The summed E-state index contributed by atoms with van der Waals surface area (Å²) in [5.41, 5.74) is 4.81. The summed E-state index contributed by atoms with van der Waals surface area (Å²) in [4.78, 5) is 25.9. The van der Waals surface area contributed by atoms with Crippen LogP contribution in [0.15, 0.2) is 17.1 Å². The molecule has 1 fully saturated rings. The van der Waals surface area contributed by atoms with Gasteiger partial charge in [-0.05, 0) is 6.08 Å². The van der Waals surface area contributed by atoms with Crippen LogP contribution in [-0.4, -0.2) is 60.9 Å². The Morgan fingerprint density at radius 1 is 1.45 bits per heavy atom. The van der Waals surface area contributed by atoms with Gasteiger partial charge in [-0.2, -0.15) is 4.98 Å². The molecule has 1 aromatic rings. The Labute approximate surface area is 123 Å². The lowest BCUT2D eigenvalue weighted by Crippen LogP contribution is -2.36. The molecule has 0 radical (unpaired) electrons. The Hall–Kier alpha value is -2.27. The molecule has 1 aliphatic heterocycles. The average Bonchev–Trinajstić information content (AvgIpc) is 2.74. The van der Waals surface area contributed by atoms with Crippen molar-refractivity contribution in [1.82, 2.24) is 9.55 Å². The van der Waals surface area contributed by atoms with E-state index in [9.17, 15) is 19.8 Å². The van der Waals surface area contributed by atoms with Gasteiger partial charge in [0.05, 0.1) is 6.61 Å². The summed E-state index contributed by atoms with van der Waals surface area (Å²) in [6.07, 6.45) is -2.08. The van der Waals surface area contributed by atoms with Gasteiger partial charge in [-0.25, -0.2) is 9.59 Å². The molecule has 10 heteroatoms. The Kier molecular flexibility index (Phi) is 4.56. The molecule has 2 rings (SSSR count). The lowest BCUT2D eigenvalue weighted by atomic mass is 10.1. The Morgan fingerprint density at radius 2 is 2.14 bits per heavy atom. The van der Waals surface area contributed by atoms with E-state index in [0.29, 0.717) is 0 Å². The summed E-state index contributed by atoms with van der Waals surface area (Å²) in [5.74, 6) is -1.41. The molecule has 0 amide bonds. The summed E-state index contributed by atoms with van der Waals surface area (Å²) in [5, 5.41) is 37.2. The SMILES string of the molecule is Nc1nc(=O)n([C@@H]2O[C@H](CO)C(O)C2O)cc1C=CC(=O)O. The highest BCUT2D eigenvalue weighted by molar-refractivity contribution is 5.86. The van der Waals surface area contributed by atoms with Crippen molar-refractivity contribution < 1.29 is 30.0 Å². The van der Waals surface area contributed by atoms with Crippen LogP contribution in [0, 0.1) is 0 Å². The molecule has 0 spiro atoms. The van der Waals surface area contributed by atoms with Crippen LogP contribution in [0.4, 0.5) is 5.82 Å². The number of carboxylic acids is 1. The van der Waals surface area contributed by atoms with Crippen molar-refractivity contribution >= 4 is 17.9 Å². The highest BCUT2D eigenvalue weighted by atomic mass is 16.6. The normalized spacial score (nSPS) is 28.3. The molecule has 2 unspecified atom stereocenters. The number of hydrogen-bond acceptors (Lipinski definition) is 8. The summed E-state index contributed by atoms with van der Waals surface area (Å²) >= 11 is 0. The smallest absolute Gasteiger partial charge is 0.351 e. The van der Waals surface area contributed by atoms with E-state index < -0.39 is 42.8 Å². The zero-order valence-corrected chi connectivity index (χ0v) is 11.2. The van der Waals surface area contributed by atoms with E-state index >= 15 is 0 Å². The van der Waals surface area contributed by atoms with Crippen molar-refractivity contribution in [2.45, 2.75) is 24.5 Å². The second-order valence-corrected chi connectivity index (χ2v) is 4.67. The molecule has 0 bridgehead atoms. The zero-order chi connectivity index (χ0) is 16.4. The lowest BCUT2D eigenvalue weighted by Gasteiger charge is -2.18. The molecule has 1 saturated heterocycles. The maximum absolute atomic E-state index is 11.9. The first kappa shape index (κ1) is 16.1. The third-order valence-electron chi connectivity index (χ3n) is 3.21. The molecule has 2 heterocycles. The van der Waals surface area contributed by atoms with Gasteiger partial charge in [-0.1, -0.05) is 0 Å². The van der Waals surface area contributed by atoms with E-state index in [2.05, 4.69) is 4.98 Å². The number of carboxylic acid groups (broad SMARTS) is 1. The molecule has 1 aromatic heterocycles. The van der Waals surface area contributed by atoms with Gasteiger partial charge in [0.1, 0.15) is 24.1 Å². The van der Waals surface area contributed by atoms with Crippen molar-refractivity contribution in [3.05, 3.63) is 28.3 Å². The van der Waals surface area contributed by atoms with Crippen LogP contribution in [0.5, 0.6) is 0 Å². The number of nitrogens with zero attached hydrogens (tertiary/aromatic N) is 2. The molecular formula is C12H15N3O7. The maximum Gasteiger partial charge on any atom is 0.351 e. The first-order valence-corrected chi connectivity index (χ1v) is 6.27. The highest BCUT2D eigenvalue weighted by Crippen LogP contribution is 2.28. The van der Waals surface area contributed by atoms with Crippen LogP contribution in [-0.2, 0) is 9.53 Å². The molecule has 0 aliphatic carbocycles. The lowest BCUT2D eigenvalue weighted by molar-refractivity contribution is -0.131. The third kappa shape index (κ3) is 2.99. The first-order valence-electron chi connectivity index (χ1n) is 6.27. The molecule has 4 atom stereocenters. The minimum absolute atomic E-state index is 0.125. The van der Waals surface area contributed by atoms with Crippen LogP contribution in [0.2, 0.25) is 0 Å². The number of aromatic nitrogens is 2. The average molecular weight is 313 g/mol. The van der Waals surface area contributed by atoms with E-state index in [-0.39, 0.29) is 11.4 Å². The Bertz CT molecular complexity index is 657. The fraction of sp³-hybridized carbons (Fsp3) is 0.417. The van der Waals surface area contributed by atoms with Gasteiger partial charge in [0.25, 0.3) is 0 Å². The van der Waals surface area contributed by atoms with E-state index in [0.717, 1.165) is 22.9 Å². The van der Waals surface area contributed by atoms with Gasteiger partial charge < -0.3 is 30.9 Å². The molecule has 120 valence electrons. The van der Waals surface area contributed by atoms with Gasteiger partial charge in [0.2, 0.25) is 0 Å². The second-order valence-electron chi connectivity index (χ2n) is 4.67. The fourth-order valence-electron chi connectivity index (χ4n) is 2.08. The Balaban J connectivity index is 2.41. The van der Waals surface area contributed by atoms with Crippen LogP contribution >= 0.6 is 0 Å². The van der Waals surface area contributed by atoms with Crippen molar-refractivity contribution in [3.8, 4) is 0 Å². The summed E-state index contributed by atoms with van der Waals surface area (Å²) in [6.45, 7) is -0.544. The Morgan fingerprint density at radius 3 is 2.68 bits per heavy atom. The number of hydrogen-bond donors (Lipinski definition) is 5. The van der Waals surface area contributed by atoms with Crippen molar-refractivity contribution in [1.29, 1.82) is 0 Å². The van der Waals surface area contributed by atoms with E-state index in [1.807, 2.05) is 0 Å². The zero-order valence-electron chi connectivity index (χ0n) is 11.2. The number of nitrogens with two attached hydrogens (primary N) is 1. The maximum atomic E-state index is 11.9. The largest absolute Gasteiger partial charge is 0.478 e. The van der Waals surface area contributed by atoms with Gasteiger partial charge in [-0.3, -0.25) is 4.57 Å². The number of nitrogen functional groups attached to an aromatic ring is 1. The van der Waals surface area contributed by atoms with Crippen molar-refractivity contribution in [2.75, 3.05) is 12.3 Å². The quantitative estimate of drug-likeness (QED) is 0.378. The fourth-order valence-corrected chi connectivity index (χ4v) is 2.08. The first-order chi connectivity index (χ1) is 10.3. The van der Waals surface area contributed by atoms with Crippen molar-refractivity contribution in [2.24, 2.45) is 0 Å². The van der Waals surface area contributed by atoms with Crippen LogP contribution < -0.4 is 11.4 Å². The molecule has 10 nitrogen and oxygen atoms in total. The molecular weight excluding hydrogens is 298 g/mol. The number of anilines is 1. The summed E-state index contributed by atoms with van der Waals surface area (Å²) < 4.78 is 6.09. The highest BCUT2D eigenvalue weighted by Gasteiger charge is 2.43. The van der Waals surface area contributed by atoms with Gasteiger partial charge in [0, 0.05) is 17.8 Å². The number of aliphatic hydroxyl groups is 3. The predicted octanol–water partition coefficient (Wildman–Crippen LogP) is -2.47. The molecule has 0 saturated carbocycles. The molecule has 22 heavy (non-hydrogen) atoms. The van der Waals surface area contributed by atoms with Gasteiger partial charge in [-0.15, -0.1) is 0 Å². The van der Waals surface area contributed by atoms with E-state index in [4.69, 9.17) is 20.7 Å². The predicted molar refractivity (Wildman–Crippen MR) is 72.6 cm³/mol. The number of aliphatic carboxylic acids is 1. The van der Waals surface area contributed by atoms with Gasteiger partial charge >= 0.3 is 11.7 Å². The van der Waals surface area contributed by atoms with Crippen LogP contribution in [0.25, 0.3) is 6.08 Å². The van der Waals surface area contributed by atoms with E-state index in [1.165, 1.54) is 0 Å². The van der Waals surface area contributed by atoms with Crippen molar-refractivity contribution in [3.63, 3.8) is 0 Å². The number of rotatable bonds is 4. The molecule has 0 aromatic carbocycles. The third-order valence-corrected chi connectivity index (χ3v) is 3.21. The van der Waals surface area contributed by atoms with E-state index in [1.54, 1.807) is 0 Å². The number of ether oxygens (including phenoxy) is 1. The molecule has 1 aliphatic rings. The monoisotopic (exact) mass is 313 g/mol. The minimum Gasteiger partial charge on any atom is -0.478 e. The second kappa shape index (κ2) is 6.23. The minimum atomic E-state index is -1.46. The number of aliphatic hydroxyl groups excluding tert-OH is 3. The van der Waals surface area contributed by atoms with Crippen LogP contribution in [0.3, 0.4) is 0 Å². The van der Waals surface area contributed by atoms with Crippen LogP contribution in [0.1, 0.15) is 11.8 Å².